The summed E-state index contributed by atoms with van der Waals surface area (Å²) in [5.74, 6) is -1.17. The van der Waals surface area contributed by atoms with Crippen LogP contribution in [0.5, 0.6) is 0 Å². The van der Waals surface area contributed by atoms with Crippen LogP contribution in [0.2, 0.25) is 0 Å². The van der Waals surface area contributed by atoms with Crippen molar-refractivity contribution in [3.8, 4) is 0 Å². The third-order valence-corrected chi connectivity index (χ3v) is 8.37. The van der Waals surface area contributed by atoms with Gasteiger partial charge < -0.3 is 15.0 Å². The van der Waals surface area contributed by atoms with Crippen LogP contribution in [0.15, 0.2) is 24.3 Å². The zero-order valence-electron chi connectivity index (χ0n) is 22.5. The van der Waals surface area contributed by atoms with Crippen molar-refractivity contribution in [2.45, 2.75) is 84.0 Å². The van der Waals surface area contributed by atoms with Gasteiger partial charge in [-0.1, -0.05) is 44.7 Å². The molecule has 12 heteroatoms. The molecule has 2 heterocycles. The van der Waals surface area contributed by atoms with Crippen molar-refractivity contribution < 1.29 is 27.9 Å². The molecule has 9 nitrogen and oxygen atoms in total. The number of anilines is 2. The minimum absolute atomic E-state index is 0.0119. The van der Waals surface area contributed by atoms with Crippen LogP contribution >= 0.6 is 0 Å². The zero-order valence-corrected chi connectivity index (χ0v) is 22.5. The number of amides is 1. The van der Waals surface area contributed by atoms with Gasteiger partial charge in [0.25, 0.3) is 0 Å². The number of nitrogens with one attached hydrogen (secondary N) is 2. The van der Waals surface area contributed by atoms with Crippen LogP contribution in [0.1, 0.15) is 87.0 Å². The highest BCUT2D eigenvalue weighted by atomic mass is 19.4. The van der Waals surface area contributed by atoms with Crippen molar-refractivity contribution in [2.24, 2.45) is 11.3 Å². The van der Waals surface area contributed by atoms with E-state index in [1.807, 2.05) is 13.8 Å². The van der Waals surface area contributed by atoms with Crippen LogP contribution in [0.4, 0.5) is 24.9 Å². The summed E-state index contributed by atoms with van der Waals surface area (Å²) < 4.78 is 41.1. The first kappa shape index (κ1) is 27.9. The van der Waals surface area contributed by atoms with Crippen LogP contribution in [-0.2, 0) is 17.5 Å². The van der Waals surface area contributed by atoms with Crippen molar-refractivity contribution >= 4 is 34.8 Å². The minimum Gasteiger partial charge on any atom is -0.475 e. The number of hydrogen-bond acceptors (Lipinski definition) is 6. The first-order valence-corrected chi connectivity index (χ1v) is 13.7. The lowest BCUT2D eigenvalue weighted by atomic mass is 9.75. The highest BCUT2D eigenvalue weighted by molar-refractivity contribution is 5.97. The molecule has 40 heavy (non-hydrogen) atoms. The smallest absolute Gasteiger partial charge is 0.416 e. The van der Waals surface area contributed by atoms with E-state index in [1.165, 1.54) is 12.1 Å². The summed E-state index contributed by atoms with van der Waals surface area (Å²) in [5.41, 5.74) is -0.372. The molecule has 0 bridgehead atoms. The highest BCUT2D eigenvalue weighted by Crippen LogP contribution is 2.38. The molecular formula is C28H33F3N6O3. The Morgan fingerprint density at radius 3 is 2.33 bits per heavy atom. The monoisotopic (exact) mass is 558 g/mol. The number of nitrogens with zero attached hydrogens (tertiary/aromatic N) is 4. The SMILES string of the molecule is C[C@@H](Nc1nc(C(=O)O)nc2nc(NC(=O)C3(C)CCCCC3)n(Cc3ccc(C(F)(F)F)cc3)c12)C1CCC1. The molecule has 3 aromatic rings. The molecule has 0 unspecified atom stereocenters. The van der Waals surface area contributed by atoms with Gasteiger partial charge in [-0.15, -0.1) is 0 Å². The lowest BCUT2D eigenvalue weighted by molar-refractivity contribution is -0.137. The number of carbonyl (C=O) groups excluding carboxylic acids is 1. The molecule has 0 aliphatic heterocycles. The number of carbonyl (C=O) groups is 2. The summed E-state index contributed by atoms with van der Waals surface area (Å²) >= 11 is 0. The zero-order chi connectivity index (χ0) is 28.7. The molecule has 1 amide bonds. The molecule has 0 spiro atoms. The molecule has 2 saturated carbocycles. The molecule has 214 valence electrons. The fraction of sp³-hybridized carbons (Fsp3) is 0.536. The first-order chi connectivity index (χ1) is 18.9. The fourth-order valence-corrected chi connectivity index (χ4v) is 5.55. The number of fused-ring (bicyclic) bond motifs is 1. The van der Waals surface area contributed by atoms with E-state index in [-0.39, 0.29) is 35.9 Å². The Balaban J connectivity index is 1.59. The molecule has 2 aromatic heterocycles. The standard InChI is InChI=1S/C28H33F3N6O3/c1-16(18-7-6-8-18)32-21-20-22(34-23(33-21)24(38)39)35-26(36-25(40)27(2)13-4-3-5-14-27)37(20)15-17-9-11-19(12-10-17)28(29,30)31/h9-12,16,18H,3-8,13-15H2,1-2H3,(H,38,39)(H2,32,33,34,35,36,40)/t16-/m1/s1. The third kappa shape index (κ3) is 5.62. The maximum Gasteiger partial charge on any atom is 0.416 e. The quantitative estimate of drug-likeness (QED) is 0.305. The lowest BCUT2D eigenvalue weighted by Crippen LogP contribution is -2.36. The van der Waals surface area contributed by atoms with E-state index >= 15 is 0 Å². The van der Waals surface area contributed by atoms with Crippen molar-refractivity contribution in [1.29, 1.82) is 0 Å². The van der Waals surface area contributed by atoms with Crippen LogP contribution in [0, 0.1) is 11.3 Å². The van der Waals surface area contributed by atoms with E-state index in [1.54, 1.807) is 4.57 Å². The lowest BCUT2D eigenvalue weighted by Gasteiger charge is -2.32. The molecule has 2 aliphatic carbocycles. The van der Waals surface area contributed by atoms with E-state index < -0.39 is 28.9 Å². The third-order valence-electron chi connectivity index (χ3n) is 8.37. The number of hydrogen-bond donors (Lipinski definition) is 3. The first-order valence-electron chi connectivity index (χ1n) is 13.7. The molecule has 0 saturated heterocycles. The molecule has 2 aliphatic rings. The van der Waals surface area contributed by atoms with Gasteiger partial charge in [-0.3, -0.25) is 10.1 Å². The van der Waals surface area contributed by atoms with E-state index in [0.29, 0.717) is 17.0 Å². The molecule has 3 N–H and O–H groups in total. The summed E-state index contributed by atoms with van der Waals surface area (Å²) in [6.07, 6.45) is 3.13. The number of aromatic carboxylic acids is 1. The molecule has 0 radical (unpaired) electrons. The Morgan fingerprint density at radius 2 is 1.75 bits per heavy atom. The fourth-order valence-electron chi connectivity index (χ4n) is 5.55. The van der Waals surface area contributed by atoms with Gasteiger partial charge in [-0.05, 0) is 56.2 Å². The minimum atomic E-state index is -4.47. The van der Waals surface area contributed by atoms with Crippen LogP contribution in [-0.4, -0.2) is 42.5 Å². The Hall–Kier alpha value is -3.70. The summed E-state index contributed by atoms with van der Waals surface area (Å²) in [7, 11) is 0. The van der Waals surface area contributed by atoms with E-state index in [4.69, 9.17) is 0 Å². The van der Waals surface area contributed by atoms with Crippen LogP contribution < -0.4 is 10.6 Å². The van der Waals surface area contributed by atoms with Gasteiger partial charge in [-0.25, -0.2) is 14.8 Å². The maximum absolute atomic E-state index is 13.5. The number of aromatic nitrogens is 4. The number of alkyl halides is 3. The average molecular weight is 559 g/mol. The highest BCUT2D eigenvalue weighted by Gasteiger charge is 2.36. The molecule has 1 aromatic carbocycles. The summed E-state index contributed by atoms with van der Waals surface area (Å²) in [6.45, 7) is 3.98. The number of halogens is 3. The van der Waals surface area contributed by atoms with Crippen molar-refractivity contribution in [3.05, 3.63) is 41.2 Å². The van der Waals surface area contributed by atoms with Gasteiger partial charge >= 0.3 is 12.1 Å². The molecule has 5 rings (SSSR count). The Labute approximate surface area is 229 Å². The van der Waals surface area contributed by atoms with Gasteiger partial charge in [0.2, 0.25) is 17.7 Å². The predicted molar refractivity (Wildman–Crippen MR) is 143 cm³/mol. The second-order valence-corrected chi connectivity index (χ2v) is 11.3. The number of rotatable bonds is 8. The second-order valence-electron chi connectivity index (χ2n) is 11.3. The number of imidazole rings is 1. The maximum atomic E-state index is 13.5. The van der Waals surface area contributed by atoms with Gasteiger partial charge in [0.1, 0.15) is 5.52 Å². The number of carboxylic acid groups (broad SMARTS) is 1. The van der Waals surface area contributed by atoms with E-state index in [2.05, 4.69) is 25.6 Å². The Bertz CT molecular complexity index is 1410. The molecule has 1 atom stereocenters. The normalized spacial score (nSPS) is 18.2. The summed E-state index contributed by atoms with van der Waals surface area (Å²) in [6, 6.07) is 4.75. The molecule has 2 fully saturated rings. The number of benzene rings is 1. The van der Waals surface area contributed by atoms with Crippen LogP contribution in [0.25, 0.3) is 11.2 Å². The Morgan fingerprint density at radius 1 is 1.07 bits per heavy atom. The average Bonchev–Trinajstić information content (AvgIpc) is 3.20. The van der Waals surface area contributed by atoms with Gasteiger partial charge in [0.15, 0.2) is 11.5 Å². The Kier molecular flexibility index (Phi) is 7.45. The van der Waals surface area contributed by atoms with Crippen molar-refractivity contribution in [3.63, 3.8) is 0 Å². The second kappa shape index (κ2) is 10.7. The van der Waals surface area contributed by atoms with E-state index in [9.17, 15) is 27.9 Å². The summed E-state index contributed by atoms with van der Waals surface area (Å²) in [4.78, 5) is 38.3. The van der Waals surface area contributed by atoms with Gasteiger partial charge in [0, 0.05) is 11.5 Å². The van der Waals surface area contributed by atoms with Crippen molar-refractivity contribution in [2.75, 3.05) is 10.6 Å². The van der Waals surface area contributed by atoms with Crippen LogP contribution in [0.3, 0.4) is 0 Å². The van der Waals surface area contributed by atoms with Gasteiger partial charge in [0.05, 0.1) is 12.1 Å². The largest absolute Gasteiger partial charge is 0.475 e. The van der Waals surface area contributed by atoms with E-state index in [0.717, 1.165) is 63.5 Å². The molecular weight excluding hydrogens is 525 g/mol. The van der Waals surface area contributed by atoms with Crippen molar-refractivity contribution in [1.82, 2.24) is 19.5 Å². The number of carboxylic acids is 1. The summed E-state index contributed by atoms with van der Waals surface area (Å²) in [5, 5.41) is 15.9. The van der Waals surface area contributed by atoms with Gasteiger partial charge in [-0.2, -0.15) is 18.2 Å². The predicted octanol–water partition coefficient (Wildman–Crippen LogP) is 6.10. The topological polar surface area (TPSA) is 122 Å².